The fraction of sp³-hybridized carbons (Fsp3) is 0.281. The van der Waals surface area contributed by atoms with Crippen LogP contribution in [0.1, 0.15) is 59.7 Å². The normalized spacial score (nSPS) is 16.6. The van der Waals surface area contributed by atoms with Crippen molar-refractivity contribution in [2.75, 3.05) is 12.4 Å². The van der Waals surface area contributed by atoms with Crippen molar-refractivity contribution in [3.8, 4) is 16.8 Å². The third-order valence-electron chi connectivity index (χ3n) is 7.74. The van der Waals surface area contributed by atoms with Crippen LogP contribution in [0, 0.1) is 18.7 Å². The van der Waals surface area contributed by atoms with Crippen LogP contribution in [0.15, 0.2) is 65.7 Å². The largest absolute Gasteiger partial charge is 0.501 e. The van der Waals surface area contributed by atoms with Gasteiger partial charge < -0.3 is 20.4 Å². The summed E-state index contributed by atoms with van der Waals surface area (Å²) in [5, 5.41) is 13.9. The molecule has 2 aromatic heterocycles. The quantitative estimate of drug-likeness (QED) is 0.239. The highest BCUT2D eigenvalue weighted by Crippen LogP contribution is 2.33. The van der Waals surface area contributed by atoms with Gasteiger partial charge in [-0.3, -0.25) is 14.4 Å². The van der Waals surface area contributed by atoms with Crippen LogP contribution in [0.25, 0.3) is 16.8 Å². The minimum atomic E-state index is -0.683. The number of methoxy groups -OCH3 is 1. The zero-order chi connectivity index (χ0) is 31.5. The SMILES string of the molecule is C=C(Cc1ccc2c(c1)NC(=O)[C@H](C)CCC[C@H](NC(=O)c1nnn(-c3cccc(Cl)c3F)c1C)c1cc-2cc(=O)[nH]1)OC. The molecule has 10 nitrogen and oxygen atoms in total. The molecule has 2 aromatic carbocycles. The maximum atomic E-state index is 14.7. The second kappa shape index (κ2) is 12.8. The molecule has 0 aliphatic carbocycles. The summed E-state index contributed by atoms with van der Waals surface area (Å²) in [5.41, 5.74) is 3.16. The molecule has 0 saturated heterocycles. The molecule has 1 aliphatic heterocycles. The van der Waals surface area contributed by atoms with Gasteiger partial charge >= 0.3 is 0 Å². The highest BCUT2D eigenvalue weighted by Gasteiger charge is 2.25. The number of hydrogen-bond acceptors (Lipinski definition) is 6. The summed E-state index contributed by atoms with van der Waals surface area (Å²) in [6, 6.07) is 12.7. The van der Waals surface area contributed by atoms with Crippen molar-refractivity contribution in [2.45, 2.75) is 45.6 Å². The summed E-state index contributed by atoms with van der Waals surface area (Å²) >= 11 is 5.94. The van der Waals surface area contributed by atoms with Gasteiger partial charge in [0, 0.05) is 35.3 Å². The number of carbonyl (C=O) groups is 2. The third kappa shape index (κ3) is 6.42. The number of H-pyrrole nitrogens is 1. The summed E-state index contributed by atoms with van der Waals surface area (Å²) in [7, 11) is 1.55. The Bertz CT molecular complexity index is 1820. The molecule has 0 saturated carbocycles. The molecule has 5 rings (SSSR count). The van der Waals surface area contributed by atoms with E-state index in [0.717, 1.165) is 5.56 Å². The van der Waals surface area contributed by atoms with Crippen molar-refractivity contribution in [3.63, 3.8) is 0 Å². The second-order valence-corrected chi connectivity index (χ2v) is 11.3. The number of aromatic amines is 1. The summed E-state index contributed by atoms with van der Waals surface area (Å²) in [4.78, 5) is 42.5. The summed E-state index contributed by atoms with van der Waals surface area (Å²) in [6.07, 6.45) is 2.01. The van der Waals surface area contributed by atoms with Gasteiger partial charge in [-0.2, -0.15) is 0 Å². The molecule has 44 heavy (non-hydrogen) atoms. The van der Waals surface area contributed by atoms with E-state index in [0.29, 0.717) is 59.6 Å². The van der Waals surface area contributed by atoms with Crippen molar-refractivity contribution in [3.05, 3.63) is 105 Å². The number of nitrogens with zero attached hydrogens (tertiary/aromatic N) is 3. The van der Waals surface area contributed by atoms with Gasteiger partial charge in [-0.05, 0) is 55.2 Å². The van der Waals surface area contributed by atoms with Crippen molar-refractivity contribution < 1.29 is 18.7 Å². The zero-order valence-corrected chi connectivity index (χ0v) is 25.3. The lowest BCUT2D eigenvalue weighted by Crippen LogP contribution is -2.31. The van der Waals surface area contributed by atoms with Crippen LogP contribution in [0.5, 0.6) is 0 Å². The average molecular weight is 619 g/mol. The molecule has 4 aromatic rings. The lowest BCUT2D eigenvalue weighted by atomic mass is 9.94. The van der Waals surface area contributed by atoms with Gasteiger partial charge in [-0.25, -0.2) is 9.07 Å². The number of carbonyl (C=O) groups excluding carboxylic acids is 2. The summed E-state index contributed by atoms with van der Waals surface area (Å²) in [5.74, 6) is -1.13. The number of halogens is 2. The lowest BCUT2D eigenvalue weighted by Gasteiger charge is -2.22. The number of hydrogen-bond donors (Lipinski definition) is 3. The Labute approximate surface area is 258 Å². The first-order valence-electron chi connectivity index (χ1n) is 14.1. The molecule has 12 heteroatoms. The predicted octanol–water partition coefficient (Wildman–Crippen LogP) is 5.66. The van der Waals surface area contributed by atoms with E-state index in [9.17, 15) is 18.8 Å². The number of amides is 2. The molecule has 0 unspecified atom stereocenters. The van der Waals surface area contributed by atoms with Gasteiger partial charge in [0.2, 0.25) is 11.5 Å². The number of nitrogens with one attached hydrogen (secondary N) is 3. The van der Waals surface area contributed by atoms with Crippen molar-refractivity contribution >= 4 is 29.1 Å². The van der Waals surface area contributed by atoms with E-state index in [1.807, 2.05) is 25.1 Å². The summed E-state index contributed by atoms with van der Waals surface area (Å²) < 4.78 is 21.1. The van der Waals surface area contributed by atoms with E-state index in [-0.39, 0.29) is 33.8 Å². The topological polar surface area (TPSA) is 131 Å². The number of allylic oxidation sites excluding steroid dienone is 1. The molecule has 0 radical (unpaired) electrons. The number of rotatable bonds is 6. The van der Waals surface area contributed by atoms with Crippen molar-refractivity contribution in [2.24, 2.45) is 5.92 Å². The number of benzene rings is 2. The highest BCUT2D eigenvalue weighted by molar-refractivity contribution is 6.30. The van der Waals surface area contributed by atoms with Crippen molar-refractivity contribution in [1.29, 1.82) is 0 Å². The molecule has 1 aliphatic rings. The first kappa shape index (κ1) is 30.7. The van der Waals surface area contributed by atoms with Crippen LogP contribution in [0.3, 0.4) is 0 Å². The van der Waals surface area contributed by atoms with E-state index < -0.39 is 17.8 Å². The Morgan fingerprint density at radius 2 is 2.00 bits per heavy atom. The maximum Gasteiger partial charge on any atom is 0.274 e. The Balaban J connectivity index is 1.52. The number of aromatic nitrogens is 4. The fourth-order valence-electron chi connectivity index (χ4n) is 5.24. The van der Waals surface area contributed by atoms with E-state index >= 15 is 0 Å². The maximum absolute atomic E-state index is 14.7. The van der Waals surface area contributed by atoms with Gasteiger partial charge in [0.15, 0.2) is 11.5 Å². The van der Waals surface area contributed by atoms with E-state index in [1.165, 1.54) is 22.9 Å². The first-order valence-corrected chi connectivity index (χ1v) is 14.5. The fourth-order valence-corrected chi connectivity index (χ4v) is 5.40. The molecule has 0 fully saturated rings. The smallest absolute Gasteiger partial charge is 0.274 e. The Kier molecular flexibility index (Phi) is 8.96. The standard InChI is InChI=1S/C32H32ClFN6O4/c1-17-7-5-9-24(36-32(43)30-19(3)40(39-38-30)27-10-6-8-23(33)29(27)34)26-15-21(16-28(41)35-26)22-12-11-20(13-18(2)44-4)14-25(22)37-31(17)42/h6,8,10-12,14-17,24H,2,5,7,9,13H2,1,3-4H3,(H,35,41)(H,36,43)(H,37,42)/t17-,24+/m1/s1. The molecule has 2 amide bonds. The Hall–Kier alpha value is -4.77. The average Bonchev–Trinajstić information content (AvgIpc) is 3.38. The number of ether oxygens (including phenoxy) is 1. The van der Waals surface area contributed by atoms with Crippen LogP contribution < -0.4 is 16.2 Å². The third-order valence-corrected chi connectivity index (χ3v) is 8.03. The lowest BCUT2D eigenvalue weighted by molar-refractivity contribution is -0.119. The van der Waals surface area contributed by atoms with Gasteiger partial charge in [-0.1, -0.05) is 54.9 Å². The minimum absolute atomic E-state index is 0.00254. The number of anilines is 1. The number of pyridine rings is 1. The minimum Gasteiger partial charge on any atom is -0.501 e. The Morgan fingerprint density at radius 1 is 1.20 bits per heavy atom. The molecule has 2 bridgehead atoms. The Morgan fingerprint density at radius 3 is 2.77 bits per heavy atom. The van der Waals surface area contributed by atoms with Gasteiger partial charge in [0.25, 0.3) is 5.91 Å². The highest BCUT2D eigenvalue weighted by atomic mass is 35.5. The van der Waals surface area contributed by atoms with E-state index in [4.69, 9.17) is 16.3 Å². The van der Waals surface area contributed by atoms with E-state index in [2.05, 4.69) is 32.5 Å². The molecular formula is C32H32ClFN6O4. The second-order valence-electron chi connectivity index (χ2n) is 10.8. The van der Waals surface area contributed by atoms with Gasteiger partial charge in [-0.15, -0.1) is 5.10 Å². The van der Waals surface area contributed by atoms with E-state index in [1.54, 1.807) is 26.2 Å². The van der Waals surface area contributed by atoms with Crippen LogP contribution in [0.4, 0.5) is 10.1 Å². The summed E-state index contributed by atoms with van der Waals surface area (Å²) in [6.45, 7) is 7.34. The zero-order valence-electron chi connectivity index (χ0n) is 24.5. The van der Waals surface area contributed by atoms with Crippen LogP contribution in [-0.4, -0.2) is 38.9 Å². The first-order chi connectivity index (χ1) is 21.0. The number of fused-ring (bicyclic) bond motifs is 4. The molecule has 2 atom stereocenters. The van der Waals surface area contributed by atoms with Crippen LogP contribution in [0.2, 0.25) is 5.02 Å². The monoisotopic (exact) mass is 618 g/mol. The van der Waals surface area contributed by atoms with Crippen LogP contribution in [-0.2, 0) is 16.0 Å². The van der Waals surface area contributed by atoms with Gasteiger partial charge in [0.1, 0.15) is 5.69 Å². The van der Waals surface area contributed by atoms with Crippen LogP contribution >= 0.6 is 11.6 Å². The van der Waals surface area contributed by atoms with Gasteiger partial charge in [0.05, 0.1) is 29.6 Å². The molecule has 3 heterocycles. The predicted molar refractivity (Wildman–Crippen MR) is 165 cm³/mol. The molecular weight excluding hydrogens is 587 g/mol. The molecule has 0 spiro atoms. The molecule has 3 N–H and O–H groups in total. The van der Waals surface area contributed by atoms with Crippen molar-refractivity contribution in [1.82, 2.24) is 25.3 Å². The molecule has 228 valence electrons.